The van der Waals surface area contributed by atoms with Crippen LogP contribution in [0, 0.1) is 0 Å². The van der Waals surface area contributed by atoms with Crippen molar-refractivity contribution >= 4 is 45.1 Å². The number of nitrogens with one attached hydrogen (secondary N) is 1. The van der Waals surface area contributed by atoms with Crippen LogP contribution in [0.2, 0.25) is 0 Å². The lowest BCUT2D eigenvalue weighted by Crippen LogP contribution is -2.29. The molecule has 3 aromatic rings. The van der Waals surface area contributed by atoms with Crippen LogP contribution >= 0.6 is 11.3 Å². The van der Waals surface area contributed by atoms with Crippen LogP contribution in [-0.2, 0) is 16.1 Å². The largest absolute Gasteiger partial charge is 0.361 e. The minimum absolute atomic E-state index is 0.540. The molecule has 0 unspecified atom stereocenters. The minimum Gasteiger partial charge on any atom is -0.361 e. The highest BCUT2D eigenvalue weighted by atomic mass is 32.1. The Bertz CT molecular complexity index is 987. The van der Waals surface area contributed by atoms with Crippen molar-refractivity contribution < 1.29 is 9.59 Å². The van der Waals surface area contributed by atoms with Crippen molar-refractivity contribution in [2.75, 3.05) is 5.32 Å². The van der Waals surface area contributed by atoms with Crippen molar-refractivity contribution in [2.45, 2.75) is 6.54 Å². The molecule has 2 heterocycles. The number of aliphatic imine (C=N–C) groups is 1. The van der Waals surface area contributed by atoms with Crippen molar-refractivity contribution in [1.29, 1.82) is 0 Å². The molecule has 1 aliphatic heterocycles. The quantitative estimate of drug-likeness (QED) is 0.706. The van der Waals surface area contributed by atoms with Crippen molar-refractivity contribution in [3.63, 3.8) is 0 Å². The molecule has 0 saturated carbocycles. The first-order valence-electron chi connectivity index (χ1n) is 7.38. The summed E-state index contributed by atoms with van der Waals surface area (Å²) in [4.78, 5) is 28.0. The molecule has 0 atom stereocenters. The molecular formula is C18H13N3O2S. The van der Waals surface area contributed by atoms with E-state index in [0.29, 0.717) is 12.2 Å². The second kappa shape index (κ2) is 5.58. The van der Waals surface area contributed by atoms with Gasteiger partial charge in [-0.25, -0.2) is 0 Å². The number of carbonyl (C=O) groups is 2. The summed E-state index contributed by atoms with van der Waals surface area (Å²) in [6, 6.07) is 14.0. The van der Waals surface area contributed by atoms with Gasteiger partial charge in [0.1, 0.15) is 0 Å². The number of hydrogen-bond donors (Lipinski definition) is 2. The number of benzene rings is 2. The average Bonchev–Trinajstić information content (AvgIpc) is 3.20. The number of fused-ring (bicyclic) bond motifs is 2. The number of amides is 2. The third kappa shape index (κ3) is 2.47. The number of primary amides is 1. The maximum absolute atomic E-state index is 11.6. The highest BCUT2D eigenvalue weighted by Gasteiger charge is 2.18. The maximum Gasteiger partial charge on any atom is 0.313 e. The van der Waals surface area contributed by atoms with E-state index in [9.17, 15) is 9.59 Å². The minimum atomic E-state index is -1.01. The molecule has 24 heavy (non-hydrogen) atoms. The molecule has 0 radical (unpaired) electrons. The van der Waals surface area contributed by atoms with Crippen LogP contribution in [0.4, 0.5) is 5.69 Å². The van der Waals surface area contributed by atoms with Gasteiger partial charge in [-0.15, -0.1) is 11.3 Å². The number of nitrogens with zero attached hydrogens (tertiary/aromatic N) is 1. The summed E-state index contributed by atoms with van der Waals surface area (Å²) in [7, 11) is 0. The van der Waals surface area contributed by atoms with E-state index < -0.39 is 11.8 Å². The fourth-order valence-corrected chi connectivity index (χ4v) is 3.93. The number of anilines is 1. The lowest BCUT2D eigenvalue weighted by Gasteiger charge is -2.10. The van der Waals surface area contributed by atoms with Gasteiger partial charge in [0.05, 0.1) is 6.54 Å². The number of thiophene rings is 1. The Morgan fingerprint density at radius 2 is 2.00 bits per heavy atom. The standard InChI is InChI=1S/C18H13N3O2S/c19-17(22)18(23)21-12-5-11-8-20-9-14(11)13(7-12)16-6-10-3-1-2-4-15(10)24-16/h1-8H,9H2,(H2,19,22)(H,21,23). The van der Waals surface area contributed by atoms with Crippen molar-refractivity contribution in [3.05, 3.63) is 53.6 Å². The van der Waals surface area contributed by atoms with Crippen LogP contribution in [0.3, 0.4) is 0 Å². The van der Waals surface area contributed by atoms with E-state index in [2.05, 4.69) is 28.5 Å². The summed E-state index contributed by atoms with van der Waals surface area (Å²) in [6.45, 7) is 0.614. The first kappa shape index (κ1) is 14.6. The number of nitrogens with two attached hydrogens (primary N) is 1. The third-order valence-electron chi connectivity index (χ3n) is 3.94. The monoisotopic (exact) mass is 335 g/mol. The van der Waals surface area contributed by atoms with E-state index >= 15 is 0 Å². The van der Waals surface area contributed by atoms with Crippen LogP contribution < -0.4 is 11.1 Å². The summed E-state index contributed by atoms with van der Waals surface area (Å²) in [6.07, 6.45) is 1.78. The van der Waals surface area contributed by atoms with E-state index in [4.69, 9.17) is 5.73 Å². The van der Waals surface area contributed by atoms with E-state index in [1.54, 1.807) is 17.6 Å². The molecule has 0 saturated heterocycles. The third-order valence-corrected chi connectivity index (χ3v) is 5.09. The second-order valence-corrected chi connectivity index (χ2v) is 6.61. The van der Waals surface area contributed by atoms with E-state index in [1.165, 1.54) is 10.1 Å². The summed E-state index contributed by atoms with van der Waals surface area (Å²) in [5.74, 6) is -1.83. The van der Waals surface area contributed by atoms with Gasteiger partial charge in [-0.2, -0.15) is 0 Å². The Balaban J connectivity index is 1.83. The fourth-order valence-electron chi connectivity index (χ4n) is 2.82. The Morgan fingerprint density at radius 1 is 1.17 bits per heavy atom. The molecule has 0 fully saturated rings. The van der Waals surface area contributed by atoms with Gasteiger partial charge in [0, 0.05) is 27.0 Å². The van der Waals surface area contributed by atoms with Gasteiger partial charge < -0.3 is 11.1 Å². The first-order valence-corrected chi connectivity index (χ1v) is 8.20. The molecule has 3 N–H and O–H groups in total. The summed E-state index contributed by atoms with van der Waals surface area (Å²) in [5.41, 5.74) is 8.65. The number of rotatable bonds is 2. The molecule has 6 heteroatoms. The molecule has 5 nitrogen and oxygen atoms in total. The van der Waals surface area contributed by atoms with Gasteiger partial charge >= 0.3 is 11.8 Å². The summed E-state index contributed by atoms with van der Waals surface area (Å²) < 4.78 is 1.20. The van der Waals surface area contributed by atoms with Gasteiger partial charge in [0.2, 0.25) is 0 Å². The summed E-state index contributed by atoms with van der Waals surface area (Å²) in [5, 5.41) is 3.72. The Hall–Kier alpha value is -2.99. The van der Waals surface area contributed by atoms with Crippen LogP contribution in [0.1, 0.15) is 11.1 Å². The lowest BCUT2D eigenvalue weighted by molar-refractivity contribution is -0.134. The van der Waals surface area contributed by atoms with Crippen LogP contribution in [0.15, 0.2) is 47.5 Å². The molecule has 0 bridgehead atoms. The lowest BCUT2D eigenvalue weighted by atomic mass is 10.0. The van der Waals surface area contributed by atoms with Gasteiger partial charge in [0.25, 0.3) is 0 Å². The molecule has 0 spiro atoms. The molecule has 118 valence electrons. The maximum atomic E-state index is 11.6. The highest BCUT2D eigenvalue weighted by Crippen LogP contribution is 2.38. The average molecular weight is 335 g/mol. The number of carbonyl (C=O) groups excluding carboxylic acids is 2. The van der Waals surface area contributed by atoms with Gasteiger partial charge in [0.15, 0.2) is 0 Å². The molecule has 2 aromatic carbocycles. The summed E-state index contributed by atoms with van der Waals surface area (Å²) >= 11 is 1.69. The molecule has 0 aliphatic carbocycles. The molecule has 1 aliphatic rings. The molecular weight excluding hydrogens is 322 g/mol. The molecule has 1 aromatic heterocycles. The van der Waals surface area contributed by atoms with Crippen molar-refractivity contribution in [1.82, 2.24) is 0 Å². The smallest absolute Gasteiger partial charge is 0.313 e. The SMILES string of the molecule is NC(=O)C(=O)Nc1cc2c(c(-c3cc4ccccc4s3)c1)CN=C2. The van der Waals surface area contributed by atoms with Crippen LogP contribution in [-0.4, -0.2) is 18.0 Å². The predicted molar refractivity (Wildman–Crippen MR) is 96.4 cm³/mol. The van der Waals surface area contributed by atoms with Crippen LogP contribution in [0.5, 0.6) is 0 Å². The van der Waals surface area contributed by atoms with Crippen molar-refractivity contribution in [2.24, 2.45) is 10.7 Å². The van der Waals surface area contributed by atoms with Crippen LogP contribution in [0.25, 0.3) is 20.5 Å². The number of hydrogen-bond acceptors (Lipinski definition) is 4. The predicted octanol–water partition coefficient (Wildman–Crippen LogP) is 2.92. The Morgan fingerprint density at radius 3 is 2.79 bits per heavy atom. The van der Waals surface area contributed by atoms with Gasteiger partial charge in [-0.05, 0) is 40.8 Å². The fraction of sp³-hybridized carbons (Fsp3) is 0.0556. The van der Waals surface area contributed by atoms with Gasteiger partial charge in [-0.1, -0.05) is 18.2 Å². The van der Waals surface area contributed by atoms with Gasteiger partial charge in [-0.3, -0.25) is 14.6 Å². The van der Waals surface area contributed by atoms with E-state index in [0.717, 1.165) is 21.6 Å². The van der Waals surface area contributed by atoms with E-state index in [1.807, 2.05) is 24.3 Å². The zero-order chi connectivity index (χ0) is 16.7. The second-order valence-electron chi connectivity index (χ2n) is 5.53. The van der Waals surface area contributed by atoms with E-state index in [-0.39, 0.29) is 0 Å². The molecule has 4 rings (SSSR count). The zero-order valence-electron chi connectivity index (χ0n) is 12.6. The normalized spacial score (nSPS) is 12.3. The Kier molecular flexibility index (Phi) is 3.39. The topological polar surface area (TPSA) is 84.5 Å². The molecule has 2 amide bonds. The highest BCUT2D eigenvalue weighted by molar-refractivity contribution is 7.22. The van der Waals surface area contributed by atoms with Crippen molar-refractivity contribution in [3.8, 4) is 10.4 Å². The first-order chi connectivity index (χ1) is 11.6. The Labute approximate surface area is 141 Å². The zero-order valence-corrected chi connectivity index (χ0v) is 13.4.